The number of likely N-dealkylation sites (tertiary alicyclic amines) is 1. The van der Waals surface area contributed by atoms with Crippen molar-refractivity contribution in [3.05, 3.63) is 47.1 Å². The molecule has 0 saturated carbocycles. The van der Waals surface area contributed by atoms with E-state index in [4.69, 9.17) is 11.6 Å². The van der Waals surface area contributed by atoms with Gasteiger partial charge < -0.3 is 14.7 Å². The first-order chi connectivity index (χ1) is 14.1. The molecule has 1 aromatic carbocycles. The second kappa shape index (κ2) is 8.82. The van der Waals surface area contributed by atoms with Crippen LogP contribution in [0.1, 0.15) is 25.0 Å². The summed E-state index contributed by atoms with van der Waals surface area (Å²) in [5.74, 6) is -0.0527. The number of benzene rings is 1. The predicted octanol–water partition coefficient (Wildman–Crippen LogP) is 3.65. The summed E-state index contributed by atoms with van der Waals surface area (Å²) in [7, 11) is 0. The molecule has 0 unspecified atom stereocenters. The Morgan fingerprint density at radius 2 is 1.52 bits per heavy atom. The van der Waals surface area contributed by atoms with Gasteiger partial charge in [0.2, 0.25) is 5.91 Å². The van der Waals surface area contributed by atoms with Crippen LogP contribution in [0.25, 0.3) is 17.0 Å². The summed E-state index contributed by atoms with van der Waals surface area (Å²) < 4.78 is 0. The Labute approximate surface area is 175 Å². The fraction of sp³-hybridized carbons (Fsp3) is 0.409. The third-order valence-electron chi connectivity index (χ3n) is 5.56. The number of fused-ring (bicyclic) bond motifs is 1. The van der Waals surface area contributed by atoms with Crippen LogP contribution in [0.15, 0.2) is 36.4 Å². The molecular weight excluding hydrogens is 388 g/mol. The Morgan fingerprint density at radius 1 is 0.862 bits per heavy atom. The average molecular weight is 413 g/mol. The van der Waals surface area contributed by atoms with Crippen molar-refractivity contribution < 1.29 is 9.59 Å². The van der Waals surface area contributed by atoms with E-state index >= 15 is 0 Å². The van der Waals surface area contributed by atoms with Crippen molar-refractivity contribution in [3.8, 4) is 0 Å². The molecule has 2 fully saturated rings. The number of carbonyl (C=O) groups is 2. The van der Waals surface area contributed by atoms with E-state index in [2.05, 4.69) is 4.98 Å². The van der Waals surface area contributed by atoms with Gasteiger partial charge in [0.05, 0.1) is 11.2 Å². The van der Waals surface area contributed by atoms with Crippen molar-refractivity contribution in [2.75, 3.05) is 39.3 Å². The molecule has 0 bridgehead atoms. The first kappa shape index (κ1) is 19.7. The molecule has 152 valence electrons. The number of hydrogen-bond acceptors (Lipinski definition) is 3. The van der Waals surface area contributed by atoms with Gasteiger partial charge in [-0.25, -0.2) is 9.78 Å². The van der Waals surface area contributed by atoms with E-state index in [0.29, 0.717) is 36.9 Å². The number of carbonyl (C=O) groups excluding carboxylic acids is 2. The number of hydrogen-bond donors (Lipinski definition) is 0. The van der Waals surface area contributed by atoms with E-state index in [1.807, 2.05) is 40.1 Å². The van der Waals surface area contributed by atoms with Gasteiger partial charge in [-0.15, -0.1) is 0 Å². The molecule has 7 heteroatoms. The summed E-state index contributed by atoms with van der Waals surface area (Å²) >= 11 is 6.03. The van der Waals surface area contributed by atoms with E-state index in [0.717, 1.165) is 36.8 Å². The van der Waals surface area contributed by atoms with Gasteiger partial charge in [0.1, 0.15) is 0 Å². The zero-order valence-corrected chi connectivity index (χ0v) is 17.1. The Balaban J connectivity index is 1.33. The number of halogens is 1. The van der Waals surface area contributed by atoms with E-state index in [1.54, 1.807) is 17.1 Å². The predicted molar refractivity (Wildman–Crippen MR) is 115 cm³/mol. The van der Waals surface area contributed by atoms with Gasteiger partial charge in [0.15, 0.2) is 0 Å². The number of piperazine rings is 1. The molecule has 2 aromatic rings. The highest BCUT2D eigenvalue weighted by Gasteiger charge is 2.27. The van der Waals surface area contributed by atoms with Crippen LogP contribution in [0, 0.1) is 0 Å². The first-order valence-corrected chi connectivity index (χ1v) is 10.5. The van der Waals surface area contributed by atoms with Gasteiger partial charge in [-0.3, -0.25) is 4.79 Å². The molecule has 0 atom stereocenters. The number of aromatic nitrogens is 1. The third kappa shape index (κ3) is 4.70. The summed E-state index contributed by atoms with van der Waals surface area (Å²) in [5.41, 5.74) is 1.52. The van der Waals surface area contributed by atoms with E-state index in [-0.39, 0.29) is 11.9 Å². The van der Waals surface area contributed by atoms with E-state index in [1.165, 1.54) is 6.42 Å². The van der Waals surface area contributed by atoms with Gasteiger partial charge >= 0.3 is 6.03 Å². The van der Waals surface area contributed by atoms with Gasteiger partial charge in [-0.05, 0) is 43.5 Å². The zero-order chi connectivity index (χ0) is 20.2. The molecule has 2 saturated heterocycles. The maximum absolute atomic E-state index is 12.6. The van der Waals surface area contributed by atoms with Gasteiger partial charge in [-0.1, -0.05) is 23.7 Å². The van der Waals surface area contributed by atoms with Crippen LogP contribution in [0.4, 0.5) is 4.79 Å². The SMILES string of the molecule is O=C(C=Cc1ccc2ccc(Cl)cc2n1)N1CCN(C(=O)N2CCCCC2)CC1. The lowest BCUT2D eigenvalue weighted by Gasteiger charge is -2.38. The second-order valence-corrected chi connectivity index (χ2v) is 7.99. The molecule has 3 heterocycles. The number of rotatable bonds is 2. The van der Waals surface area contributed by atoms with Crippen molar-refractivity contribution in [2.45, 2.75) is 19.3 Å². The molecule has 2 aliphatic heterocycles. The molecular formula is C22H25ClN4O2. The molecule has 2 aliphatic rings. The lowest BCUT2D eigenvalue weighted by Crippen LogP contribution is -2.54. The van der Waals surface area contributed by atoms with Crippen LogP contribution in [0.3, 0.4) is 0 Å². The molecule has 3 amide bonds. The normalized spacial score (nSPS) is 17.9. The number of pyridine rings is 1. The Morgan fingerprint density at radius 3 is 2.28 bits per heavy atom. The maximum atomic E-state index is 12.6. The third-order valence-corrected chi connectivity index (χ3v) is 5.80. The lowest BCUT2D eigenvalue weighted by molar-refractivity contribution is -0.127. The standard InChI is InChI=1S/C22H25ClN4O2/c23-18-6-4-17-5-7-19(24-20(17)16-18)8-9-21(28)25-12-14-27(15-13-25)22(29)26-10-2-1-3-11-26/h4-9,16H,1-3,10-15H2. The molecule has 29 heavy (non-hydrogen) atoms. The highest BCUT2D eigenvalue weighted by Crippen LogP contribution is 2.18. The minimum Gasteiger partial charge on any atom is -0.336 e. The van der Waals surface area contributed by atoms with Crippen molar-refractivity contribution in [2.24, 2.45) is 0 Å². The average Bonchev–Trinajstić information content (AvgIpc) is 2.77. The zero-order valence-electron chi connectivity index (χ0n) is 16.4. The van der Waals surface area contributed by atoms with Crippen LogP contribution in [0.5, 0.6) is 0 Å². The fourth-order valence-corrected chi connectivity index (χ4v) is 4.03. The summed E-state index contributed by atoms with van der Waals surface area (Å²) in [6.07, 6.45) is 6.67. The van der Waals surface area contributed by atoms with Crippen molar-refractivity contribution >= 4 is 40.5 Å². The smallest absolute Gasteiger partial charge is 0.320 e. The molecule has 1 aromatic heterocycles. The number of amides is 3. The largest absolute Gasteiger partial charge is 0.336 e. The van der Waals surface area contributed by atoms with Gasteiger partial charge in [-0.2, -0.15) is 0 Å². The summed E-state index contributed by atoms with van der Waals surface area (Å²) in [5, 5.41) is 1.64. The molecule has 0 spiro atoms. The first-order valence-electron chi connectivity index (χ1n) is 10.2. The quantitative estimate of drug-likeness (QED) is 0.707. The summed E-state index contributed by atoms with van der Waals surface area (Å²) in [6, 6.07) is 9.54. The van der Waals surface area contributed by atoms with E-state index in [9.17, 15) is 9.59 Å². The molecule has 0 radical (unpaired) electrons. The topological polar surface area (TPSA) is 56.8 Å². The summed E-state index contributed by atoms with van der Waals surface area (Å²) in [4.78, 5) is 35.3. The summed E-state index contributed by atoms with van der Waals surface area (Å²) in [6.45, 7) is 3.99. The number of piperidine rings is 1. The Kier molecular flexibility index (Phi) is 6.00. The highest BCUT2D eigenvalue weighted by molar-refractivity contribution is 6.31. The Bertz CT molecular complexity index is 932. The molecule has 6 nitrogen and oxygen atoms in total. The van der Waals surface area contributed by atoms with Crippen LogP contribution in [0.2, 0.25) is 5.02 Å². The minimum atomic E-state index is -0.0527. The van der Waals surface area contributed by atoms with Crippen LogP contribution < -0.4 is 0 Å². The van der Waals surface area contributed by atoms with Crippen molar-refractivity contribution in [1.29, 1.82) is 0 Å². The van der Waals surface area contributed by atoms with Gasteiger partial charge in [0, 0.05) is 55.8 Å². The second-order valence-electron chi connectivity index (χ2n) is 7.55. The van der Waals surface area contributed by atoms with Crippen LogP contribution in [-0.4, -0.2) is 70.9 Å². The number of urea groups is 1. The van der Waals surface area contributed by atoms with Gasteiger partial charge in [0.25, 0.3) is 0 Å². The number of nitrogens with zero attached hydrogens (tertiary/aromatic N) is 4. The maximum Gasteiger partial charge on any atom is 0.320 e. The minimum absolute atomic E-state index is 0.0527. The monoisotopic (exact) mass is 412 g/mol. The van der Waals surface area contributed by atoms with Crippen LogP contribution >= 0.6 is 11.6 Å². The lowest BCUT2D eigenvalue weighted by atomic mass is 10.1. The van der Waals surface area contributed by atoms with E-state index < -0.39 is 0 Å². The molecule has 0 aliphatic carbocycles. The highest BCUT2D eigenvalue weighted by atomic mass is 35.5. The van der Waals surface area contributed by atoms with Crippen molar-refractivity contribution in [1.82, 2.24) is 19.7 Å². The van der Waals surface area contributed by atoms with Crippen molar-refractivity contribution in [3.63, 3.8) is 0 Å². The molecule has 4 rings (SSSR count). The van der Waals surface area contributed by atoms with Crippen LogP contribution in [-0.2, 0) is 4.79 Å². The molecule has 0 N–H and O–H groups in total. The fourth-order valence-electron chi connectivity index (χ4n) is 3.86. The Hall–Kier alpha value is -2.60.